The molecule has 1 aliphatic rings. The van der Waals surface area contributed by atoms with Crippen molar-refractivity contribution in [3.63, 3.8) is 0 Å². The zero-order valence-corrected chi connectivity index (χ0v) is 19.9. The Hall–Kier alpha value is -2.68. The largest absolute Gasteiger partial charge is 0.328 e. The predicted molar refractivity (Wildman–Crippen MR) is 130 cm³/mol. The maximum absolute atomic E-state index is 14.3. The second-order valence-electron chi connectivity index (χ2n) is 8.31. The number of pyridine rings is 2. The van der Waals surface area contributed by atoms with Crippen molar-refractivity contribution in [3.05, 3.63) is 77.5 Å². The van der Waals surface area contributed by atoms with Crippen molar-refractivity contribution in [1.29, 1.82) is 0 Å². The molecule has 0 radical (unpaired) electrons. The van der Waals surface area contributed by atoms with E-state index in [1.54, 1.807) is 12.4 Å². The van der Waals surface area contributed by atoms with Gasteiger partial charge in [-0.25, -0.2) is 18.2 Å². The Morgan fingerprint density at radius 1 is 1.00 bits per heavy atom. The molecular weight excluding hydrogens is 488 g/mol. The Balaban J connectivity index is 0.00000204. The topological polar surface area (TPSA) is 80.9 Å². The van der Waals surface area contributed by atoms with Gasteiger partial charge in [0.05, 0.1) is 17.4 Å². The number of hydrogen-bond donors (Lipinski definition) is 2. The third-order valence-electron chi connectivity index (χ3n) is 5.80. The van der Waals surface area contributed by atoms with E-state index in [2.05, 4.69) is 22.2 Å². The summed E-state index contributed by atoms with van der Waals surface area (Å²) >= 11 is 0. The van der Waals surface area contributed by atoms with Gasteiger partial charge in [-0.05, 0) is 67.0 Å². The van der Waals surface area contributed by atoms with Crippen LogP contribution in [0.5, 0.6) is 0 Å². The van der Waals surface area contributed by atoms with Crippen molar-refractivity contribution in [3.8, 4) is 11.3 Å². The van der Waals surface area contributed by atoms with E-state index >= 15 is 0 Å². The third kappa shape index (κ3) is 5.87. The molecule has 2 aromatic heterocycles. The Morgan fingerprint density at radius 2 is 1.71 bits per heavy atom. The summed E-state index contributed by atoms with van der Waals surface area (Å²) in [5.41, 5.74) is 6.26. The molecule has 5 nitrogen and oxygen atoms in total. The average Bonchev–Trinajstić information content (AvgIpc) is 2.74. The quantitative estimate of drug-likeness (QED) is 0.456. The van der Waals surface area contributed by atoms with E-state index in [1.807, 2.05) is 6.07 Å². The maximum Gasteiger partial charge on any atom is 0.274 e. The number of amides is 1. The molecule has 1 saturated carbocycles. The Bertz CT molecular complexity index is 1130. The number of halogens is 5. The summed E-state index contributed by atoms with van der Waals surface area (Å²) < 4.78 is 42.6. The highest BCUT2D eigenvalue weighted by Gasteiger charge is 2.28. The molecule has 0 aliphatic heterocycles. The number of nitrogens with one attached hydrogen (secondary N) is 1. The third-order valence-corrected chi connectivity index (χ3v) is 5.80. The lowest BCUT2D eigenvalue weighted by molar-refractivity contribution is 0.102. The normalized spacial score (nSPS) is 19.5. The number of carbonyl (C=O) groups excluding carboxylic acids is 1. The van der Waals surface area contributed by atoms with Crippen LogP contribution in [0.3, 0.4) is 0 Å². The van der Waals surface area contributed by atoms with Crippen molar-refractivity contribution in [2.24, 2.45) is 11.7 Å². The molecule has 1 amide bonds. The number of anilines is 1. The van der Waals surface area contributed by atoms with Gasteiger partial charge >= 0.3 is 0 Å². The predicted octanol–water partition coefficient (Wildman–Crippen LogP) is 5.89. The van der Waals surface area contributed by atoms with Crippen molar-refractivity contribution < 1.29 is 18.0 Å². The van der Waals surface area contributed by atoms with E-state index in [-0.39, 0.29) is 42.5 Å². The summed E-state index contributed by atoms with van der Waals surface area (Å²) in [4.78, 5) is 20.9. The van der Waals surface area contributed by atoms with Gasteiger partial charge in [-0.1, -0.05) is 13.0 Å². The Morgan fingerprint density at radius 3 is 2.38 bits per heavy atom. The molecule has 0 saturated heterocycles. The summed E-state index contributed by atoms with van der Waals surface area (Å²) in [7, 11) is 0. The van der Waals surface area contributed by atoms with Crippen LogP contribution < -0.4 is 11.1 Å². The zero-order valence-electron chi connectivity index (χ0n) is 18.3. The molecule has 1 unspecified atom stereocenters. The number of aromatic nitrogens is 2. The van der Waals surface area contributed by atoms with Crippen LogP contribution in [0.15, 0.2) is 48.8 Å². The van der Waals surface area contributed by atoms with Gasteiger partial charge in [0.15, 0.2) is 0 Å². The minimum absolute atomic E-state index is 0. The van der Waals surface area contributed by atoms with Gasteiger partial charge in [0.1, 0.15) is 28.8 Å². The number of rotatable bonds is 4. The van der Waals surface area contributed by atoms with E-state index in [0.29, 0.717) is 11.6 Å². The molecule has 0 spiro atoms. The van der Waals surface area contributed by atoms with Gasteiger partial charge in [-0.2, -0.15) is 0 Å². The van der Waals surface area contributed by atoms with E-state index < -0.39 is 34.6 Å². The molecule has 3 atom stereocenters. The first-order valence-corrected chi connectivity index (χ1v) is 10.4. The molecule has 10 heteroatoms. The van der Waals surface area contributed by atoms with E-state index in [1.165, 1.54) is 12.1 Å². The fourth-order valence-electron chi connectivity index (χ4n) is 4.43. The standard InChI is InChI=1S/C24H23F3N4O.2ClH/c1-13-9-14(11-15(28)10-13)16-7-8-29-12-21(16)31-24(32)20-6-5-19(27)23(30-20)22-17(25)3-2-4-18(22)26;;/h2-8,12-15H,9-11,28H2,1H3,(H,31,32);2*1H/t13-,14?,15-;;/m0../s1. The lowest BCUT2D eigenvalue weighted by atomic mass is 9.76. The highest BCUT2D eigenvalue weighted by molar-refractivity contribution is 6.03. The van der Waals surface area contributed by atoms with Crippen molar-refractivity contribution in [2.75, 3.05) is 5.32 Å². The minimum atomic E-state index is -0.966. The van der Waals surface area contributed by atoms with Gasteiger partial charge in [0.25, 0.3) is 5.91 Å². The summed E-state index contributed by atoms with van der Waals surface area (Å²) in [6.07, 6.45) is 5.89. The van der Waals surface area contributed by atoms with Gasteiger partial charge in [-0.15, -0.1) is 24.8 Å². The maximum atomic E-state index is 14.3. The fourth-order valence-corrected chi connectivity index (χ4v) is 4.43. The SMILES string of the molecule is C[C@H]1CC(c2ccncc2NC(=O)c2ccc(F)c(-c3c(F)cccc3F)n2)C[C@@H](N)C1.Cl.Cl. The molecular formula is C24H25Cl2F3N4O. The molecule has 1 aromatic carbocycles. The lowest BCUT2D eigenvalue weighted by Crippen LogP contribution is -2.31. The highest BCUT2D eigenvalue weighted by atomic mass is 35.5. The van der Waals surface area contributed by atoms with Crippen LogP contribution >= 0.6 is 24.8 Å². The Kier molecular flexibility index (Phi) is 9.44. The van der Waals surface area contributed by atoms with Gasteiger partial charge < -0.3 is 11.1 Å². The first-order valence-electron chi connectivity index (χ1n) is 10.4. The molecule has 182 valence electrons. The molecule has 4 rings (SSSR count). The van der Waals surface area contributed by atoms with Crippen molar-refractivity contribution in [1.82, 2.24) is 9.97 Å². The Labute approximate surface area is 208 Å². The van der Waals surface area contributed by atoms with Gasteiger partial charge in [-0.3, -0.25) is 9.78 Å². The van der Waals surface area contributed by atoms with Crippen LogP contribution in [0.25, 0.3) is 11.3 Å². The fraction of sp³-hybridized carbons (Fsp3) is 0.292. The lowest BCUT2D eigenvalue weighted by Gasteiger charge is -2.32. The van der Waals surface area contributed by atoms with Crippen LogP contribution in [-0.4, -0.2) is 21.9 Å². The van der Waals surface area contributed by atoms with Crippen LogP contribution in [0.2, 0.25) is 0 Å². The minimum Gasteiger partial charge on any atom is -0.328 e. The first kappa shape index (κ1) is 27.6. The van der Waals surface area contributed by atoms with Crippen molar-refractivity contribution >= 4 is 36.4 Å². The van der Waals surface area contributed by atoms with E-state index in [9.17, 15) is 18.0 Å². The molecule has 0 bridgehead atoms. The van der Waals surface area contributed by atoms with Crippen LogP contribution in [0, 0.1) is 23.4 Å². The summed E-state index contributed by atoms with van der Waals surface area (Å²) in [5.74, 6) is -2.88. The molecule has 34 heavy (non-hydrogen) atoms. The second-order valence-corrected chi connectivity index (χ2v) is 8.31. The monoisotopic (exact) mass is 512 g/mol. The van der Waals surface area contributed by atoms with E-state index in [4.69, 9.17) is 5.73 Å². The van der Waals surface area contributed by atoms with Gasteiger partial charge in [0.2, 0.25) is 0 Å². The van der Waals surface area contributed by atoms with Crippen molar-refractivity contribution in [2.45, 2.75) is 38.1 Å². The number of nitrogens with two attached hydrogens (primary N) is 1. The molecule has 1 aliphatic carbocycles. The number of benzene rings is 1. The van der Waals surface area contributed by atoms with Crippen LogP contribution in [0.4, 0.5) is 18.9 Å². The van der Waals surface area contributed by atoms with Gasteiger partial charge in [0, 0.05) is 12.2 Å². The van der Waals surface area contributed by atoms with E-state index in [0.717, 1.165) is 43.0 Å². The molecule has 3 N–H and O–H groups in total. The summed E-state index contributed by atoms with van der Waals surface area (Å²) in [6.45, 7) is 2.15. The summed E-state index contributed by atoms with van der Waals surface area (Å²) in [5, 5.41) is 2.77. The highest BCUT2D eigenvalue weighted by Crippen LogP contribution is 2.38. The molecule has 1 fully saturated rings. The molecule has 3 aromatic rings. The first-order chi connectivity index (χ1) is 15.3. The molecule has 2 heterocycles. The van der Waals surface area contributed by atoms with Crippen LogP contribution in [0.1, 0.15) is 48.2 Å². The number of carbonyl (C=O) groups is 1. The van der Waals surface area contributed by atoms with Crippen LogP contribution in [-0.2, 0) is 0 Å². The zero-order chi connectivity index (χ0) is 22.8. The number of nitrogens with zero attached hydrogens (tertiary/aromatic N) is 2. The average molecular weight is 513 g/mol. The summed E-state index contributed by atoms with van der Waals surface area (Å²) in [6, 6.07) is 7.25. The smallest absolute Gasteiger partial charge is 0.274 e. The number of hydrogen-bond acceptors (Lipinski definition) is 4. The second kappa shape index (κ2) is 11.6.